The number of nitrogens with one attached hydrogen (secondary N) is 1. The van der Waals surface area contributed by atoms with Crippen LogP contribution in [0.15, 0.2) is 29.3 Å². The molecule has 1 aromatic heterocycles. The molecule has 0 spiro atoms. The molecule has 3 rings (SSSR count). The molecule has 1 aliphatic rings. The highest BCUT2D eigenvalue weighted by Crippen LogP contribution is 2.32. The third-order valence-electron chi connectivity index (χ3n) is 3.32. The average molecular weight is 281 g/mol. The van der Waals surface area contributed by atoms with Crippen LogP contribution in [0.25, 0.3) is 10.9 Å². The summed E-state index contributed by atoms with van der Waals surface area (Å²) >= 11 is 0. The topological polar surface area (TPSA) is 99.4 Å². The molecular weight excluding hydrogens is 266 g/mol. The van der Waals surface area contributed by atoms with E-state index in [1.807, 2.05) is 0 Å². The van der Waals surface area contributed by atoms with Crippen LogP contribution >= 0.6 is 0 Å². The molecule has 2 heterocycles. The van der Waals surface area contributed by atoms with E-state index < -0.39 is 15.6 Å². The molecule has 0 unspecified atom stereocenters. The maximum absolute atomic E-state index is 12.4. The Morgan fingerprint density at radius 3 is 2.74 bits per heavy atom. The molecule has 19 heavy (non-hydrogen) atoms. The zero-order valence-corrected chi connectivity index (χ0v) is 11.2. The maximum atomic E-state index is 12.4. The normalized spacial score (nSPS) is 19.5. The van der Waals surface area contributed by atoms with Gasteiger partial charge in [-0.05, 0) is 25.1 Å². The molecule has 7 heteroatoms. The van der Waals surface area contributed by atoms with Crippen LogP contribution in [0.5, 0.6) is 0 Å². The SMILES string of the molecule is CC1(O)CN(S(=O)(=O)c2c[nH]c3cc(N)ccc23)C1. The van der Waals surface area contributed by atoms with Crippen molar-refractivity contribution in [3.8, 4) is 0 Å². The van der Waals surface area contributed by atoms with Gasteiger partial charge in [0.2, 0.25) is 10.0 Å². The molecule has 102 valence electrons. The predicted molar refractivity (Wildman–Crippen MR) is 72.1 cm³/mol. The van der Waals surface area contributed by atoms with Crippen LogP contribution in [-0.4, -0.2) is 41.5 Å². The lowest BCUT2D eigenvalue weighted by Gasteiger charge is -2.42. The summed E-state index contributed by atoms with van der Waals surface area (Å²) in [7, 11) is -3.57. The summed E-state index contributed by atoms with van der Waals surface area (Å²) in [5.74, 6) is 0. The first-order valence-electron chi connectivity index (χ1n) is 5.89. The van der Waals surface area contributed by atoms with Crippen molar-refractivity contribution in [2.75, 3.05) is 18.8 Å². The Morgan fingerprint density at radius 2 is 2.11 bits per heavy atom. The first-order valence-corrected chi connectivity index (χ1v) is 7.33. The lowest BCUT2D eigenvalue weighted by Crippen LogP contribution is -2.61. The third-order valence-corrected chi connectivity index (χ3v) is 5.15. The minimum absolute atomic E-state index is 0.122. The highest BCUT2D eigenvalue weighted by Gasteiger charge is 2.44. The Balaban J connectivity index is 2.05. The van der Waals surface area contributed by atoms with Gasteiger partial charge in [-0.15, -0.1) is 0 Å². The van der Waals surface area contributed by atoms with Crippen molar-refractivity contribution in [3.05, 3.63) is 24.4 Å². The molecule has 6 nitrogen and oxygen atoms in total. The standard InChI is InChI=1S/C12H15N3O3S/c1-12(16)6-15(7-12)19(17,18)11-5-14-10-4-8(13)2-3-9(10)11/h2-5,14,16H,6-7,13H2,1H3. The number of H-pyrrole nitrogens is 1. The summed E-state index contributed by atoms with van der Waals surface area (Å²) in [5, 5.41) is 10.3. The van der Waals surface area contributed by atoms with Gasteiger partial charge in [-0.3, -0.25) is 0 Å². The Bertz CT molecular complexity index is 741. The van der Waals surface area contributed by atoms with E-state index in [1.165, 1.54) is 10.5 Å². The number of benzene rings is 1. The van der Waals surface area contributed by atoms with Gasteiger partial charge in [-0.1, -0.05) is 0 Å². The monoisotopic (exact) mass is 281 g/mol. The summed E-state index contributed by atoms with van der Waals surface area (Å²) in [6, 6.07) is 5.05. The van der Waals surface area contributed by atoms with Crippen molar-refractivity contribution < 1.29 is 13.5 Å². The number of aliphatic hydroxyl groups is 1. The van der Waals surface area contributed by atoms with E-state index in [0.717, 1.165) is 0 Å². The zero-order valence-electron chi connectivity index (χ0n) is 10.4. The molecule has 0 atom stereocenters. The Kier molecular flexibility index (Phi) is 2.44. The van der Waals surface area contributed by atoms with E-state index in [-0.39, 0.29) is 18.0 Å². The lowest BCUT2D eigenvalue weighted by molar-refractivity contribution is -0.0426. The van der Waals surface area contributed by atoms with E-state index in [2.05, 4.69) is 4.98 Å². The van der Waals surface area contributed by atoms with Gasteiger partial charge in [0.15, 0.2) is 0 Å². The van der Waals surface area contributed by atoms with Crippen LogP contribution in [0.2, 0.25) is 0 Å². The smallest absolute Gasteiger partial charge is 0.245 e. The first-order chi connectivity index (χ1) is 8.79. The van der Waals surface area contributed by atoms with Crippen molar-refractivity contribution >= 4 is 26.6 Å². The summed E-state index contributed by atoms with van der Waals surface area (Å²) in [6.45, 7) is 1.86. The number of rotatable bonds is 2. The molecule has 0 amide bonds. The van der Waals surface area contributed by atoms with Crippen LogP contribution in [-0.2, 0) is 10.0 Å². The Hall–Kier alpha value is -1.57. The fourth-order valence-corrected chi connectivity index (χ4v) is 4.19. The predicted octanol–water partition coefficient (Wildman–Crippen LogP) is 0.505. The molecule has 0 aliphatic carbocycles. The summed E-state index contributed by atoms with van der Waals surface area (Å²) in [4.78, 5) is 3.13. The number of aromatic nitrogens is 1. The second-order valence-electron chi connectivity index (χ2n) is 5.23. The number of sulfonamides is 1. The van der Waals surface area contributed by atoms with E-state index in [1.54, 1.807) is 25.1 Å². The zero-order chi connectivity index (χ0) is 13.8. The van der Waals surface area contributed by atoms with E-state index in [9.17, 15) is 13.5 Å². The molecule has 2 aromatic rings. The van der Waals surface area contributed by atoms with Crippen LogP contribution in [0.1, 0.15) is 6.92 Å². The molecule has 1 aromatic carbocycles. The second kappa shape index (κ2) is 3.72. The number of anilines is 1. The van der Waals surface area contributed by atoms with Crippen LogP contribution < -0.4 is 5.73 Å². The maximum Gasteiger partial charge on any atom is 0.245 e. The van der Waals surface area contributed by atoms with Gasteiger partial charge in [0.1, 0.15) is 4.90 Å². The number of hydrogen-bond donors (Lipinski definition) is 3. The minimum atomic E-state index is -3.57. The number of aromatic amines is 1. The Labute approximate surface area is 110 Å². The van der Waals surface area contributed by atoms with E-state index in [4.69, 9.17) is 5.73 Å². The molecule has 1 aliphatic heterocycles. The number of β-amino-alcohol motifs (C(OH)–C–C–N with tert-alkyl or cyclic N) is 1. The summed E-state index contributed by atoms with van der Waals surface area (Å²) in [5.41, 5.74) is 6.00. The van der Waals surface area contributed by atoms with E-state index >= 15 is 0 Å². The third kappa shape index (κ3) is 1.90. The van der Waals surface area contributed by atoms with Crippen molar-refractivity contribution in [1.82, 2.24) is 9.29 Å². The Morgan fingerprint density at radius 1 is 1.42 bits per heavy atom. The summed E-state index contributed by atoms with van der Waals surface area (Å²) < 4.78 is 26.1. The van der Waals surface area contributed by atoms with Gasteiger partial charge in [-0.25, -0.2) is 8.42 Å². The van der Waals surface area contributed by atoms with Gasteiger partial charge in [0.25, 0.3) is 0 Å². The second-order valence-corrected chi connectivity index (χ2v) is 7.13. The highest BCUT2D eigenvalue weighted by molar-refractivity contribution is 7.89. The molecule has 0 radical (unpaired) electrons. The average Bonchev–Trinajstić information content (AvgIpc) is 2.69. The van der Waals surface area contributed by atoms with Gasteiger partial charge >= 0.3 is 0 Å². The number of nitrogens with two attached hydrogens (primary N) is 1. The quantitative estimate of drug-likeness (QED) is 0.698. The molecule has 0 saturated carbocycles. The van der Waals surface area contributed by atoms with Crippen molar-refractivity contribution in [2.24, 2.45) is 0 Å². The number of nitrogens with zero attached hydrogens (tertiary/aromatic N) is 1. The van der Waals surface area contributed by atoms with Crippen molar-refractivity contribution in [2.45, 2.75) is 17.4 Å². The van der Waals surface area contributed by atoms with Gasteiger partial charge < -0.3 is 15.8 Å². The molecular formula is C12H15N3O3S. The molecule has 4 N–H and O–H groups in total. The number of fused-ring (bicyclic) bond motifs is 1. The fraction of sp³-hybridized carbons (Fsp3) is 0.333. The molecule has 1 saturated heterocycles. The lowest BCUT2D eigenvalue weighted by atomic mass is 10.0. The summed E-state index contributed by atoms with van der Waals surface area (Å²) in [6.07, 6.45) is 1.46. The van der Waals surface area contributed by atoms with Crippen molar-refractivity contribution in [1.29, 1.82) is 0 Å². The number of hydrogen-bond acceptors (Lipinski definition) is 4. The van der Waals surface area contributed by atoms with Gasteiger partial charge in [-0.2, -0.15) is 4.31 Å². The van der Waals surface area contributed by atoms with Crippen LogP contribution in [0.3, 0.4) is 0 Å². The molecule has 0 bridgehead atoms. The molecule has 1 fully saturated rings. The van der Waals surface area contributed by atoms with Crippen LogP contribution in [0, 0.1) is 0 Å². The van der Waals surface area contributed by atoms with Gasteiger partial charge in [0, 0.05) is 35.9 Å². The van der Waals surface area contributed by atoms with Crippen molar-refractivity contribution in [3.63, 3.8) is 0 Å². The largest absolute Gasteiger partial charge is 0.399 e. The fourth-order valence-electron chi connectivity index (χ4n) is 2.35. The number of nitrogen functional groups attached to an aromatic ring is 1. The minimum Gasteiger partial charge on any atom is -0.399 e. The van der Waals surface area contributed by atoms with E-state index in [0.29, 0.717) is 16.6 Å². The van der Waals surface area contributed by atoms with Crippen LogP contribution in [0.4, 0.5) is 5.69 Å². The highest BCUT2D eigenvalue weighted by atomic mass is 32.2. The van der Waals surface area contributed by atoms with Gasteiger partial charge in [0.05, 0.1) is 5.60 Å². The first kappa shape index (κ1) is 12.5.